The molecule has 0 unspecified atom stereocenters. The van der Waals surface area contributed by atoms with Gasteiger partial charge >= 0.3 is 0 Å². The number of hydrogen-bond acceptors (Lipinski definition) is 4. The fourth-order valence-corrected chi connectivity index (χ4v) is 2.39. The number of hydrogen-bond donors (Lipinski definition) is 2. The van der Waals surface area contributed by atoms with E-state index in [-0.39, 0.29) is 24.5 Å². The van der Waals surface area contributed by atoms with Gasteiger partial charge in [0.15, 0.2) is 0 Å². The molecule has 3 amide bonds. The first-order valence-corrected chi connectivity index (χ1v) is 7.59. The smallest absolute Gasteiger partial charge is 0.259 e. The standard InChI is InChI=1S/C17H13ClN2O4/c18-10-1-4-12(5-2-10)24-8-7-15(21)19-11-3-6-13-14(9-11)17(23)20-16(13)22/h1-6,9H,7-8H2,(H,19,21)(H,20,22,23). The largest absolute Gasteiger partial charge is 0.493 e. The first-order valence-electron chi connectivity index (χ1n) is 7.21. The third-order valence-corrected chi connectivity index (χ3v) is 3.68. The summed E-state index contributed by atoms with van der Waals surface area (Å²) in [6.07, 6.45) is 0.144. The molecule has 0 saturated heterocycles. The number of anilines is 1. The number of fused-ring (bicyclic) bond motifs is 1. The lowest BCUT2D eigenvalue weighted by atomic mass is 10.1. The van der Waals surface area contributed by atoms with Crippen molar-refractivity contribution in [2.24, 2.45) is 0 Å². The van der Waals surface area contributed by atoms with E-state index < -0.39 is 11.8 Å². The molecule has 7 heteroatoms. The maximum Gasteiger partial charge on any atom is 0.259 e. The van der Waals surface area contributed by atoms with Gasteiger partial charge in [-0.25, -0.2) is 0 Å². The van der Waals surface area contributed by atoms with Crippen LogP contribution in [0.15, 0.2) is 42.5 Å². The van der Waals surface area contributed by atoms with Crippen molar-refractivity contribution in [3.8, 4) is 5.75 Å². The van der Waals surface area contributed by atoms with Gasteiger partial charge in [-0.15, -0.1) is 0 Å². The van der Waals surface area contributed by atoms with Gasteiger partial charge in [-0.1, -0.05) is 11.6 Å². The van der Waals surface area contributed by atoms with Crippen molar-refractivity contribution in [3.05, 3.63) is 58.6 Å². The minimum absolute atomic E-state index is 0.144. The van der Waals surface area contributed by atoms with Gasteiger partial charge in [0.25, 0.3) is 11.8 Å². The van der Waals surface area contributed by atoms with Crippen LogP contribution in [0.25, 0.3) is 0 Å². The molecule has 24 heavy (non-hydrogen) atoms. The number of amides is 3. The minimum atomic E-state index is -0.461. The first-order chi connectivity index (χ1) is 11.5. The third kappa shape index (κ3) is 3.55. The van der Waals surface area contributed by atoms with Gasteiger partial charge in [0.05, 0.1) is 24.2 Å². The van der Waals surface area contributed by atoms with Crippen molar-refractivity contribution in [3.63, 3.8) is 0 Å². The quantitative estimate of drug-likeness (QED) is 0.817. The summed E-state index contributed by atoms with van der Waals surface area (Å²) in [5, 5.41) is 5.48. The highest BCUT2D eigenvalue weighted by atomic mass is 35.5. The lowest BCUT2D eigenvalue weighted by Gasteiger charge is -2.08. The predicted octanol–water partition coefficient (Wildman–Crippen LogP) is 2.63. The Morgan fingerprint density at radius 1 is 1.04 bits per heavy atom. The summed E-state index contributed by atoms with van der Waals surface area (Å²) in [5.74, 6) is -0.519. The second-order valence-electron chi connectivity index (χ2n) is 5.14. The van der Waals surface area contributed by atoms with E-state index in [1.54, 1.807) is 30.3 Å². The molecule has 0 aromatic heterocycles. The molecule has 0 fully saturated rings. The van der Waals surface area contributed by atoms with Gasteiger partial charge in [-0.05, 0) is 42.5 Å². The lowest BCUT2D eigenvalue weighted by molar-refractivity contribution is -0.116. The summed E-state index contributed by atoms with van der Waals surface area (Å²) >= 11 is 5.78. The molecule has 0 saturated carbocycles. The number of halogens is 1. The van der Waals surface area contributed by atoms with Crippen LogP contribution in [0.3, 0.4) is 0 Å². The summed E-state index contributed by atoms with van der Waals surface area (Å²) in [5.41, 5.74) is 1.02. The van der Waals surface area contributed by atoms with Crippen LogP contribution in [-0.2, 0) is 4.79 Å². The molecule has 0 spiro atoms. The van der Waals surface area contributed by atoms with Crippen LogP contribution in [0.5, 0.6) is 5.75 Å². The zero-order valence-electron chi connectivity index (χ0n) is 12.5. The fraction of sp³-hybridized carbons (Fsp3) is 0.118. The van der Waals surface area contributed by atoms with Gasteiger partial charge in [-0.3, -0.25) is 19.7 Å². The summed E-state index contributed by atoms with van der Waals surface area (Å²) in [6.45, 7) is 0.206. The molecule has 0 bridgehead atoms. The van der Waals surface area contributed by atoms with Crippen molar-refractivity contribution >= 4 is 35.0 Å². The summed E-state index contributed by atoms with van der Waals surface area (Å²) in [7, 11) is 0. The number of imide groups is 1. The Labute approximate surface area is 142 Å². The van der Waals surface area contributed by atoms with Gasteiger partial charge < -0.3 is 10.1 Å². The topological polar surface area (TPSA) is 84.5 Å². The molecule has 122 valence electrons. The molecule has 0 radical (unpaired) electrons. The van der Waals surface area contributed by atoms with Crippen LogP contribution in [0.2, 0.25) is 5.02 Å². The van der Waals surface area contributed by atoms with E-state index in [1.165, 1.54) is 12.1 Å². The molecule has 6 nitrogen and oxygen atoms in total. The number of rotatable bonds is 5. The van der Waals surface area contributed by atoms with E-state index in [0.29, 0.717) is 22.0 Å². The molecule has 1 aliphatic heterocycles. The van der Waals surface area contributed by atoms with Crippen LogP contribution < -0.4 is 15.4 Å². The molecule has 2 aromatic carbocycles. The number of benzene rings is 2. The van der Waals surface area contributed by atoms with Crippen molar-refractivity contribution in [2.45, 2.75) is 6.42 Å². The molecule has 0 atom stereocenters. The maximum absolute atomic E-state index is 11.9. The molecule has 3 rings (SSSR count). The molecule has 0 aliphatic carbocycles. The molecule has 2 N–H and O–H groups in total. The lowest BCUT2D eigenvalue weighted by Crippen LogP contribution is -2.19. The molecule has 2 aromatic rings. The van der Waals surface area contributed by atoms with E-state index in [2.05, 4.69) is 10.6 Å². The monoisotopic (exact) mass is 344 g/mol. The van der Waals surface area contributed by atoms with Crippen molar-refractivity contribution in [2.75, 3.05) is 11.9 Å². The predicted molar refractivity (Wildman–Crippen MR) is 88.4 cm³/mol. The Morgan fingerprint density at radius 2 is 1.75 bits per heavy atom. The normalized spacial score (nSPS) is 12.5. The zero-order chi connectivity index (χ0) is 17.1. The van der Waals surface area contributed by atoms with Crippen LogP contribution in [0, 0.1) is 0 Å². The van der Waals surface area contributed by atoms with Gasteiger partial charge in [0, 0.05) is 10.7 Å². The van der Waals surface area contributed by atoms with Gasteiger partial charge in [0.2, 0.25) is 5.91 Å². The number of carbonyl (C=O) groups excluding carboxylic acids is 3. The first kappa shape index (κ1) is 16.0. The number of ether oxygens (including phenoxy) is 1. The zero-order valence-corrected chi connectivity index (χ0v) is 13.2. The average Bonchev–Trinajstić information content (AvgIpc) is 2.83. The molecule has 1 heterocycles. The number of carbonyl (C=O) groups is 3. The van der Waals surface area contributed by atoms with E-state index >= 15 is 0 Å². The van der Waals surface area contributed by atoms with E-state index in [0.717, 1.165) is 0 Å². The average molecular weight is 345 g/mol. The van der Waals surface area contributed by atoms with E-state index in [4.69, 9.17) is 16.3 Å². The van der Waals surface area contributed by atoms with Crippen molar-refractivity contribution < 1.29 is 19.1 Å². The Bertz CT molecular complexity index is 818. The van der Waals surface area contributed by atoms with Crippen LogP contribution in [0.1, 0.15) is 27.1 Å². The second-order valence-corrected chi connectivity index (χ2v) is 5.58. The van der Waals surface area contributed by atoms with Gasteiger partial charge in [0.1, 0.15) is 5.75 Å². The fourth-order valence-electron chi connectivity index (χ4n) is 2.26. The van der Waals surface area contributed by atoms with Crippen LogP contribution >= 0.6 is 11.6 Å². The van der Waals surface area contributed by atoms with Crippen molar-refractivity contribution in [1.29, 1.82) is 0 Å². The summed E-state index contributed by atoms with van der Waals surface area (Å²) in [4.78, 5) is 35.0. The molecule has 1 aliphatic rings. The Kier molecular flexibility index (Phi) is 4.48. The van der Waals surface area contributed by atoms with E-state index in [9.17, 15) is 14.4 Å². The maximum atomic E-state index is 11.9. The van der Waals surface area contributed by atoms with Gasteiger partial charge in [-0.2, -0.15) is 0 Å². The highest BCUT2D eigenvalue weighted by Gasteiger charge is 2.26. The molecular weight excluding hydrogens is 332 g/mol. The van der Waals surface area contributed by atoms with Crippen LogP contribution in [0.4, 0.5) is 5.69 Å². The minimum Gasteiger partial charge on any atom is -0.493 e. The Morgan fingerprint density at radius 3 is 2.50 bits per heavy atom. The summed E-state index contributed by atoms with van der Waals surface area (Å²) in [6, 6.07) is 11.4. The van der Waals surface area contributed by atoms with E-state index in [1.807, 2.05) is 0 Å². The molecular formula is C17H13ClN2O4. The van der Waals surface area contributed by atoms with Crippen LogP contribution in [-0.4, -0.2) is 24.3 Å². The second kappa shape index (κ2) is 6.72. The number of nitrogens with one attached hydrogen (secondary N) is 2. The Balaban J connectivity index is 1.54. The van der Waals surface area contributed by atoms with Crippen molar-refractivity contribution in [1.82, 2.24) is 5.32 Å². The Hall–Kier alpha value is -2.86. The SMILES string of the molecule is O=C(CCOc1ccc(Cl)cc1)Nc1ccc2c(c1)C(=O)NC2=O. The summed E-state index contributed by atoms with van der Waals surface area (Å²) < 4.78 is 5.45. The third-order valence-electron chi connectivity index (χ3n) is 3.43. The highest BCUT2D eigenvalue weighted by molar-refractivity contribution is 6.30. The highest BCUT2D eigenvalue weighted by Crippen LogP contribution is 2.20.